The van der Waals surface area contributed by atoms with Gasteiger partial charge in [-0.1, -0.05) is 0 Å². The van der Waals surface area contributed by atoms with Crippen LogP contribution in [0.1, 0.15) is 13.8 Å². The standard InChI is InChI=1S/C9H8FN3O2.C9H10FN3.C7H4FN3O2/c1-2-12-8-5-6(13(14)15)3-4-7(8)9(10)11-12;1-2-13-8-5-6(11)3-4-7(8)9(10)12-13;8-7-5-2-1-4(11(12)13)3-6(5)9-10-7/h3-5H,2H2,1H3;3-5H,2,11H2,1H3;1-3H,(H,9,10). The maximum atomic E-state index is 13.2. The molecule has 41 heavy (non-hydrogen) atoms. The Morgan fingerprint density at radius 2 is 1.27 bits per heavy atom. The third kappa shape index (κ3) is 5.90. The number of hydrogen-bond acceptors (Lipinski definition) is 8. The second-order valence-corrected chi connectivity index (χ2v) is 8.44. The monoisotopic (exact) mass is 569 g/mol. The second-order valence-electron chi connectivity index (χ2n) is 8.44. The Morgan fingerprint density at radius 1 is 0.780 bits per heavy atom. The first-order chi connectivity index (χ1) is 19.5. The molecule has 0 saturated carbocycles. The van der Waals surface area contributed by atoms with Crippen LogP contribution in [-0.4, -0.2) is 39.6 Å². The fraction of sp³-hybridized carbons (Fsp3) is 0.160. The Balaban J connectivity index is 0.000000142. The van der Waals surface area contributed by atoms with Crippen LogP contribution in [0.5, 0.6) is 0 Å². The van der Waals surface area contributed by atoms with Gasteiger partial charge in [-0.25, -0.2) is 0 Å². The van der Waals surface area contributed by atoms with Crippen molar-refractivity contribution in [3.63, 3.8) is 0 Å². The van der Waals surface area contributed by atoms with E-state index in [2.05, 4.69) is 20.4 Å². The molecule has 0 amide bonds. The largest absolute Gasteiger partial charge is 0.399 e. The molecule has 0 bridgehead atoms. The van der Waals surface area contributed by atoms with Gasteiger partial charge in [-0.2, -0.15) is 18.3 Å². The highest BCUT2D eigenvalue weighted by Gasteiger charge is 2.14. The number of nitrogens with two attached hydrogens (primary N) is 1. The minimum Gasteiger partial charge on any atom is -0.399 e. The van der Waals surface area contributed by atoms with Crippen LogP contribution < -0.4 is 5.73 Å². The molecular weight excluding hydrogens is 547 g/mol. The first-order valence-electron chi connectivity index (χ1n) is 12.0. The third-order valence-electron chi connectivity index (χ3n) is 5.93. The molecule has 13 nitrogen and oxygen atoms in total. The molecule has 16 heteroatoms. The van der Waals surface area contributed by atoms with Crippen LogP contribution in [0.4, 0.5) is 30.2 Å². The van der Waals surface area contributed by atoms with Crippen LogP contribution in [0, 0.1) is 38.1 Å². The molecule has 3 aromatic heterocycles. The van der Waals surface area contributed by atoms with Crippen molar-refractivity contribution in [3.05, 3.63) is 92.7 Å². The average molecular weight is 570 g/mol. The quantitative estimate of drug-likeness (QED) is 0.159. The van der Waals surface area contributed by atoms with Crippen molar-refractivity contribution < 1.29 is 23.0 Å². The first kappa shape index (κ1) is 28.5. The molecule has 3 heterocycles. The highest BCUT2D eigenvalue weighted by molar-refractivity contribution is 5.83. The highest BCUT2D eigenvalue weighted by atomic mass is 19.1. The molecule has 0 atom stereocenters. The van der Waals surface area contributed by atoms with Gasteiger partial charge < -0.3 is 5.73 Å². The zero-order valence-corrected chi connectivity index (χ0v) is 21.6. The van der Waals surface area contributed by atoms with Crippen LogP contribution >= 0.6 is 0 Å². The van der Waals surface area contributed by atoms with Crippen LogP contribution in [0.15, 0.2) is 54.6 Å². The average Bonchev–Trinajstić information content (AvgIpc) is 3.60. The Labute approximate surface area is 228 Å². The molecule has 0 saturated heterocycles. The fourth-order valence-corrected chi connectivity index (χ4v) is 3.95. The Kier molecular flexibility index (Phi) is 8.11. The first-order valence-corrected chi connectivity index (χ1v) is 12.0. The molecular formula is C25H22F3N9O4. The second kappa shape index (κ2) is 11.7. The molecule has 0 aliphatic rings. The normalized spacial score (nSPS) is 10.8. The molecule has 212 valence electrons. The topological polar surface area (TPSA) is 177 Å². The fourth-order valence-electron chi connectivity index (χ4n) is 3.95. The number of nitrogen functional groups attached to an aromatic ring is 1. The van der Waals surface area contributed by atoms with E-state index < -0.39 is 27.7 Å². The van der Waals surface area contributed by atoms with Crippen molar-refractivity contribution in [2.45, 2.75) is 26.9 Å². The van der Waals surface area contributed by atoms with Crippen molar-refractivity contribution in [1.29, 1.82) is 0 Å². The SMILES string of the molecule is CCn1nc(F)c2ccc(N)cc21.CCn1nc(F)c2ccc([N+](=O)[O-])cc21.O=[N+]([O-])c1ccc2c(F)[nH]nc2c1. The molecule has 0 unspecified atom stereocenters. The molecule has 3 N–H and O–H groups in total. The number of nitro groups is 2. The number of nitrogens with one attached hydrogen (secondary N) is 1. The summed E-state index contributed by atoms with van der Waals surface area (Å²) in [5, 5.41) is 35.0. The summed E-state index contributed by atoms with van der Waals surface area (Å²) in [7, 11) is 0. The predicted molar refractivity (Wildman–Crippen MR) is 145 cm³/mol. The summed E-state index contributed by atoms with van der Waals surface area (Å²) < 4.78 is 42.2. The summed E-state index contributed by atoms with van der Waals surface area (Å²) >= 11 is 0. The van der Waals surface area contributed by atoms with Crippen molar-refractivity contribution in [2.75, 3.05) is 5.73 Å². The lowest BCUT2D eigenvalue weighted by Crippen LogP contribution is -1.96. The number of aromatic nitrogens is 6. The number of fused-ring (bicyclic) bond motifs is 3. The molecule has 0 fully saturated rings. The molecule has 0 radical (unpaired) electrons. The maximum absolute atomic E-state index is 13.2. The van der Waals surface area contributed by atoms with Crippen LogP contribution in [0.3, 0.4) is 0 Å². The number of rotatable bonds is 4. The number of aromatic amines is 1. The molecule has 6 rings (SSSR count). The summed E-state index contributed by atoms with van der Waals surface area (Å²) in [6, 6.07) is 12.8. The number of anilines is 1. The smallest absolute Gasteiger partial charge is 0.271 e. The van der Waals surface area contributed by atoms with E-state index in [1.54, 1.807) is 29.8 Å². The molecule has 6 aromatic rings. The maximum Gasteiger partial charge on any atom is 0.271 e. The lowest BCUT2D eigenvalue weighted by molar-refractivity contribution is -0.384. The van der Waals surface area contributed by atoms with E-state index >= 15 is 0 Å². The van der Waals surface area contributed by atoms with Crippen molar-refractivity contribution in [1.82, 2.24) is 29.8 Å². The van der Waals surface area contributed by atoms with Gasteiger partial charge in [-0.05, 0) is 44.2 Å². The lowest BCUT2D eigenvalue weighted by Gasteiger charge is -1.97. The number of aryl methyl sites for hydroxylation is 2. The Hall–Kier alpha value is -5.54. The minimum absolute atomic E-state index is 0.0582. The van der Waals surface area contributed by atoms with E-state index in [0.29, 0.717) is 35.1 Å². The highest BCUT2D eigenvalue weighted by Crippen LogP contribution is 2.23. The van der Waals surface area contributed by atoms with Crippen molar-refractivity contribution in [3.8, 4) is 0 Å². The summed E-state index contributed by atoms with van der Waals surface area (Å²) in [5.41, 5.74) is 7.52. The molecule has 0 spiro atoms. The van der Waals surface area contributed by atoms with Gasteiger partial charge in [0.15, 0.2) is 0 Å². The van der Waals surface area contributed by atoms with Gasteiger partial charge >= 0.3 is 0 Å². The van der Waals surface area contributed by atoms with Gasteiger partial charge in [0.25, 0.3) is 11.4 Å². The lowest BCUT2D eigenvalue weighted by atomic mass is 10.2. The van der Waals surface area contributed by atoms with Gasteiger partial charge in [0.2, 0.25) is 17.8 Å². The van der Waals surface area contributed by atoms with Crippen LogP contribution in [0.25, 0.3) is 32.7 Å². The van der Waals surface area contributed by atoms with Crippen LogP contribution in [-0.2, 0) is 13.1 Å². The van der Waals surface area contributed by atoms with E-state index in [1.807, 2.05) is 6.92 Å². The number of halogens is 3. The van der Waals surface area contributed by atoms with E-state index in [-0.39, 0.29) is 22.3 Å². The van der Waals surface area contributed by atoms with E-state index in [1.165, 1.54) is 41.1 Å². The van der Waals surface area contributed by atoms with Gasteiger partial charge in [-0.15, -0.1) is 10.2 Å². The predicted octanol–water partition coefficient (Wildman–Crippen LogP) is 5.49. The Bertz CT molecular complexity index is 1900. The van der Waals surface area contributed by atoms with Gasteiger partial charge in [0.05, 0.1) is 37.0 Å². The summed E-state index contributed by atoms with van der Waals surface area (Å²) in [6.45, 7) is 4.82. The zero-order valence-electron chi connectivity index (χ0n) is 21.6. The van der Waals surface area contributed by atoms with Crippen molar-refractivity contribution >= 4 is 49.8 Å². The zero-order chi connectivity index (χ0) is 29.8. The van der Waals surface area contributed by atoms with Crippen molar-refractivity contribution in [2.24, 2.45) is 0 Å². The van der Waals surface area contributed by atoms with E-state index in [0.717, 1.165) is 5.52 Å². The Morgan fingerprint density at radius 3 is 1.80 bits per heavy atom. The third-order valence-corrected chi connectivity index (χ3v) is 5.93. The van der Waals surface area contributed by atoms with Gasteiger partial charge in [0.1, 0.15) is 5.52 Å². The van der Waals surface area contributed by atoms with Crippen LogP contribution in [0.2, 0.25) is 0 Å². The summed E-state index contributed by atoms with van der Waals surface area (Å²) in [6.07, 6.45) is 0. The summed E-state index contributed by atoms with van der Waals surface area (Å²) in [4.78, 5) is 19.8. The number of H-pyrrole nitrogens is 1. The minimum atomic E-state index is -0.596. The number of nitrogens with zero attached hydrogens (tertiary/aromatic N) is 7. The number of hydrogen-bond donors (Lipinski definition) is 2. The molecule has 0 aliphatic carbocycles. The summed E-state index contributed by atoms with van der Waals surface area (Å²) in [5.74, 6) is -1.61. The number of benzene rings is 3. The number of non-ortho nitro benzene ring substituents is 2. The van der Waals surface area contributed by atoms with Gasteiger partial charge in [-0.3, -0.25) is 34.7 Å². The van der Waals surface area contributed by atoms with E-state index in [9.17, 15) is 33.4 Å². The van der Waals surface area contributed by atoms with E-state index in [4.69, 9.17) is 5.73 Å². The molecule has 3 aromatic carbocycles. The molecule has 0 aliphatic heterocycles. The van der Waals surface area contributed by atoms with Gasteiger partial charge in [0, 0.05) is 43.0 Å². The number of nitro benzene ring substituents is 2.